The fourth-order valence-corrected chi connectivity index (χ4v) is 2.94. The highest BCUT2D eigenvalue weighted by Gasteiger charge is 2.17. The van der Waals surface area contributed by atoms with Gasteiger partial charge in [0.1, 0.15) is 0 Å². The molecular weight excluding hydrogens is 314 g/mol. The summed E-state index contributed by atoms with van der Waals surface area (Å²) in [6.07, 6.45) is 1.22. The van der Waals surface area contributed by atoms with Crippen molar-refractivity contribution >= 4 is 25.8 Å². The van der Waals surface area contributed by atoms with Gasteiger partial charge in [0.15, 0.2) is 9.84 Å². The fourth-order valence-electron chi connectivity index (χ4n) is 1.58. The Bertz CT molecular complexity index is 468. The van der Waals surface area contributed by atoms with Gasteiger partial charge in [0.2, 0.25) is 0 Å². The molecule has 0 aromatic heterocycles. The van der Waals surface area contributed by atoms with Gasteiger partial charge in [0.05, 0.1) is 11.0 Å². The normalized spacial score (nSPS) is 13.8. The molecule has 0 heterocycles. The van der Waals surface area contributed by atoms with Crippen molar-refractivity contribution in [1.82, 2.24) is 0 Å². The van der Waals surface area contributed by atoms with Crippen LogP contribution in [-0.4, -0.2) is 25.5 Å². The van der Waals surface area contributed by atoms with E-state index in [4.69, 9.17) is 5.73 Å². The Morgan fingerprint density at radius 2 is 1.78 bits per heavy atom. The third kappa shape index (κ3) is 5.08. The largest absolute Gasteiger partial charge is 0.327 e. The molecule has 0 bridgehead atoms. The van der Waals surface area contributed by atoms with Crippen molar-refractivity contribution in [2.45, 2.75) is 38.0 Å². The van der Waals surface area contributed by atoms with Crippen molar-refractivity contribution in [2.24, 2.45) is 5.73 Å². The number of hydrogen-bond acceptors (Lipinski definition) is 3. The summed E-state index contributed by atoms with van der Waals surface area (Å²) in [5.41, 5.74) is 7.11. The zero-order chi connectivity index (χ0) is 13.8. The van der Waals surface area contributed by atoms with Crippen LogP contribution in [0, 0.1) is 0 Å². The van der Waals surface area contributed by atoms with Gasteiger partial charge >= 0.3 is 0 Å². The van der Waals surface area contributed by atoms with Gasteiger partial charge in [-0.2, -0.15) is 0 Å². The molecule has 0 spiro atoms. The monoisotopic (exact) mass is 333 g/mol. The maximum atomic E-state index is 11.7. The van der Waals surface area contributed by atoms with Crippen molar-refractivity contribution < 1.29 is 8.42 Å². The maximum absolute atomic E-state index is 11.7. The minimum Gasteiger partial charge on any atom is -0.327 e. The smallest absolute Gasteiger partial charge is 0.152 e. The van der Waals surface area contributed by atoms with Crippen LogP contribution in [0.25, 0.3) is 0 Å². The molecule has 5 heteroatoms. The van der Waals surface area contributed by atoms with Crippen LogP contribution in [0.3, 0.4) is 0 Å². The summed E-state index contributed by atoms with van der Waals surface area (Å²) in [6.45, 7) is 3.41. The predicted octanol–water partition coefficient (Wildman–Crippen LogP) is 2.53. The zero-order valence-electron chi connectivity index (χ0n) is 10.8. The van der Waals surface area contributed by atoms with Crippen molar-refractivity contribution in [3.63, 3.8) is 0 Å². The number of rotatable bonds is 6. The lowest BCUT2D eigenvalue weighted by atomic mass is 10.1. The Labute approximate surface area is 118 Å². The van der Waals surface area contributed by atoms with Crippen molar-refractivity contribution in [3.05, 3.63) is 34.3 Å². The van der Waals surface area contributed by atoms with Crippen LogP contribution in [0.4, 0.5) is 0 Å². The van der Waals surface area contributed by atoms with Gasteiger partial charge in [0.25, 0.3) is 0 Å². The molecule has 3 nitrogen and oxygen atoms in total. The van der Waals surface area contributed by atoms with Crippen LogP contribution in [0.2, 0.25) is 0 Å². The number of nitrogens with two attached hydrogens (primary N) is 1. The van der Waals surface area contributed by atoms with Crippen LogP contribution in [-0.2, 0) is 16.3 Å². The predicted molar refractivity (Wildman–Crippen MR) is 79.4 cm³/mol. The lowest BCUT2D eigenvalue weighted by molar-refractivity contribution is 0.573. The van der Waals surface area contributed by atoms with Crippen LogP contribution in [0.5, 0.6) is 0 Å². The van der Waals surface area contributed by atoms with E-state index in [2.05, 4.69) is 15.9 Å². The molecule has 0 fully saturated rings. The fraction of sp³-hybridized carbons (Fsp3) is 0.538. The molecule has 18 heavy (non-hydrogen) atoms. The summed E-state index contributed by atoms with van der Waals surface area (Å²) in [5.74, 6) is 0.169. The number of benzene rings is 1. The Kier molecular flexibility index (Phi) is 5.82. The van der Waals surface area contributed by atoms with E-state index < -0.39 is 9.84 Å². The third-order valence-electron chi connectivity index (χ3n) is 2.90. The highest BCUT2D eigenvalue weighted by Crippen LogP contribution is 2.13. The molecule has 0 saturated carbocycles. The van der Waals surface area contributed by atoms with Crippen molar-refractivity contribution in [2.75, 3.05) is 5.75 Å². The second-order valence-corrected chi connectivity index (χ2v) is 8.39. The van der Waals surface area contributed by atoms with Gasteiger partial charge in [-0.25, -0.2) is 8.42 Å². The molecule has 0 aliphatic rings. The highest BCUT2D eigenvalue weighted by atomic mass is 79.9. The topological polar surface area (TPSA) is 60.2 Å². The molecular formula is C13H20BrNO2S. The Morgan fingerprint density at radius 1 is 1.22 bits per heavy atom. The Morgan fingerprint density at radius 3 is 2.28 bits per heavy atom. The molecule has 1 aromatic carbocycles. The first-order valence-electron chi connectivity index (χ1n) is 6.03. The second-order valence-electron chi connectivity index (χ2n) is 4.80. The zero-order valence-corrected chi connectivity index (χ0v) is 13.2. The summed E-state index contributed by atoms with van der Waals surface area (Å²) in [7, 11) is -2.98. The molecule has 1 aromatic rings. The van der Waals surface area contributed by atoms with Gasteiger partial charge in [-0.05, 0) is 44.4 Å². The minimum atomic E-state index is -2.98. The summed E-state index contributed by atoms with van der Waals surface area (Å²) in [4.78, 5) is 0. The Balaban J connectivity index is 2.48. The van der Waals surface area contributed by atoms with Crippen LogP contribution >= 0.6 is 15.9 Å². The molecule has 1 unspecified atom stereocenters. The van der Waals surface area contributed by atoms with E-state index in [0.29, 0.717) is 12.8 Å². The van der Waals surface area contributed by atoms with E-state index in [9.17, 15) is 8.42 Å². The average Bonchev–Trinajstić information content (AvgIpc) is 2.29. The highest BCUT2D eigenvalue weighted by molar-refractivity contribution is 9.10. The number of sulfone groups is 1. The van der Waals surface area contributed by atoms with Crippen molar-refractivity contribution in [3.8, 4) is 0 Å². The molecule has 2 N–H and O–H groups in total. The lowest BCUT2D eigenvalue weighted by Crippen LogP contribution is -2.28. The minimum absolute atomic E-state index is 0.111. The van der Waals surface area contributed by atoms with Gasteiger partial charge in [0, 0.05) is 10.5 Å². The molecule has 1 atom stereocenters. The second kappa shape index (κ2) is 6.68. The van der Waals surface area contributed by atoms with E-state index in [1.54, 1.807) is 13.8 Å². The molecule has 0 aliphatic carbocycles. The third-order valence-corrected chi connectivity index (χ3v) is 5.67. The van der Waals surface area contributed by atoms with Gasteiger partial charge in [-0.3, -0.25) is 0 Å². The van der Waals surface area contributed by atoms with Crippen LogP contribution in [0.1, 0.15) is 25.8 Å². The molecule has 1 rings (SSSR count). The molecule has 0 saturated heterocycles. The van der Waals surface area contributed by atoms with E-state index in [1.165, 1.54) is 0 Å². The standard InChI is InChI=1S/C13H20BrNO2S/c1-10(2)18(16,17)8-7-13(15)9-11-3-5-12(14)6-4-11/h3-6,10,13H,7-9,15H2,1-2H3. The molecule has 0 radical (unpaired) electrons. The van der Waals surface area contributed by atoms with Crippen LogP contribution < -0.4 is 5.73 Å². The van der Waals surface area contributed by atoms with E-state index in [-0.39, 0.29) is 17.0 Å². The van der Waals surface area contributed by atoms with Gasteiger partial charge < -0.3 is 5.73 Å². The first kappa shape index (κ1) is 15.7. The van der Waals surface area contributed by atoms with Crippen molar-refractivity contribution in [1.29, 1.82) is 0 Å². The SMILES string of the molecule is CC(C)S(=O)(=O)CCC(N)Cc1ccc(Br)cc1. The summed E-state index contributed by atoms with van der Waals surface area (Å²) >= 11 is 3.37. The van der Waals surface area contributed by atoms with Crippen LogP contribution in [0.15, 0.2) is 28.7 Å². The number of hydrogen-bond donors (Lipinski definition) is 1. The summed E-state index contributed by atoms with van der Waals surface area (Å²) in [6, 6.07) is 7.82. The first-order valence-corrected chi connectivity index (χ1v) is 8.53. The van der Waals surface area contributed by atoms with Gasteiger partial charge in [-0.15, -0.1) is 0 Å². The van der Waals surface area contributed by atoms with Gasteiger partial charge in [-0.1, -0.05) is 28.1 Å². The maximum Gasteiger partial charge on any atom is 0.152 e. The van der Waals surface area contributed by atoms with E-state index in [1.807, 2.05) is 24.3 Å². The van der Waals surface area contributed by atoms with E-state index >= 15 is 0 Å². The lowest BCUT2D eigenvalue weighted by Gasteiger charge is -2.13. The molecule has 102 valence electrons. The quantitative estimate of drug-likeness (QED) is 0.870. The summed E-state index contributed by atoms with van der Waals surface area (Å²) < 4.78 is 24.4. The Hall–Kier alpha value is -0.390. The van der Waals surface area contributed by atoms with E-state index in [0.717, 1.165) is 10.0 Å². The summed E-state index contributed by atoms with van der Waals surface area (Å²) in [5, 5.41) is -0.322. The average molecular weight is 334 g/mol. The molecule has 0 aliphatic heterocycles. The first-order chi connectivity index (χ1) is 8.31. The number of halogens is 1. The molecule has 0 amide bonds.